The quantitative estimate of drug-likeness (QED) is 0.721. The van der Waals surface area contributed by atoms with Crippen molar-refractivity contribution >= 4 is 5.69 Å². The number of nitrogens with zero attached hydrogens (tertiary/aromatic N) is 1. The normalized spacial score (nSPS) is 12.9. The second-order valence-corrected chi connectivity index (χ2v) is 4.85. The van der Waals surface area contributed by atoms with E-state index >= 15 is 0 Å². The molecule has 0 saturated carbocycles. The molecule has 0 aliphatic carbocycles. The van der Waals surface area contributed by atoms with Crippen molar-refractivity contribution in [3.63, 3.8) is 0 Å². The smallest absolute Gasteiger partial charge is 0.0477 e. The van der Waals surface area contributed by atoms with Crippen LogP contribution in [0.2, 0.25) is 0 Å². The molecule has 1 aromatic carbocycles. The molecule has 0 spiro atoms. The van der Waals surface area contributed by atoms with E-state index in [1.54, 1.807) is 7.11 Å². The minimum atomic E-state index is 0.534. The van der Waals surface area contributed by atoms with Crippen LogP contribution >= 0.6 is 0 Å². The van der Waals surface area contributed by atoms with Crippen LogP contribution in [0.3, 0.4) is 0 Å². The Hall–Kier alpha value is -1.06. The summed E-state index contributed by atoms with van der Waals surface area (Å²) in [5.74, 6) is 0. The Morgan fingerprint density at radius 2 is 2.17 bits per heavy atom. The van der Waals surface area contributed by atoms with Crippen LogP contribution in [0.15, 0.2) is 24.3 Å². The van der Waals surface area contributed by atoms with E-state index in [9.17, 15) is 0 Å². The molecule has 18 heavy (non-hydrogen) atoms. The summed E-state index contributed by atoms with van der Waals surface area (Å²) in [6, 6.07) is 8.69. The molecular weight excluding hydrogens is 224 g/mol. The van der Waals surface area contributed by atoms with E-state index in [4.69, 9.17) is 10.5 Å². The number of nitrogen functional groups attached to an aromatic ring is 1. The second kappa shape index (κ2) is 8.11. The first kappa shape index (κ1) is 15.0. The summed E-state index contributed by atoms with van der Waals surface area (Å²) in [7, 11) is 1.76. The molecule has 0 saturated heterocycles. The Balaban J connectivity index is 2.61. The lowest BCUT2D eigenvalue weighted by Gasteiger charge is -2.28. The van der Waals surface area contributed by atoms with Crippen molar-refractivity contribution in [1.82, 2.24) is 4.90 Å². The number of hydrogen-bond acceptors (Lipinski definition) is 3. The van der Waals surface area contributed by atoms with Gasteiger partial charge in [0.05, 0.1) is 0 Å². The standard InChI is InChI=1S/C15H26N2O/c1-4-9-17(13(2)8-10-18-3)12-14-6-5-7-15(16)11-14/h5-7,11,13H,4,8-10,12,16H2,1-3H3. The highest BCUT2D eigenvalue weighted by Gasteiger charge is 2.13. The third-order valence-corrected chi connectivity index (χ3v) is 3.21. The molecule has 1 rings (SSSR count). The number of rotatable bonds is 8. The minimum absolute atomic E-state index is 0.534. The first-order chi connectivity index (χ1) is 8.67. The lowest BCUT2D eigenvalue weighted by Crippen LogP contribution is -2.34. The van der Waals surface area contributed by atoms with Gasteiger partial charge < -0.3 is 10.5 Å². The van der Waals surface area contributed by atoms with Crippen LogP contribution in [0.25, 0.3) is 0 Å². The molecule has 0 radical (unpaired) electrons. The van der Waals surface area contributed by atoms with Gasteiger partial charge in [-0.05, 0) is 44.0 Å². The number of anilines is 1. The van der Waals surface area contributed by atoms with Gasteiger partial charge >= 0.3 is 0 Å². The SMILES string of the molecule is CCCN(Cc1cccc(N)c1)C(C)CCOC. The summed E-state index contributed by atoms with van der Waals surface area (Å²) in [5, 5.41) is 0. The summed E-state index contributed by atoms with van der Waals surface area (Å²) in [6.07, 6.45) is 2.23. The van der Waals surface area contributed by atoms with E-state index < -0.39 is 0 Å². The van der Waals surface area contributed by atoms with Gasteiger partial charge in [0.25, 0.3) is 0 Å². The molecule has 0 aliphatic heterocycles. The molecule has 2 N–H and O–H groups in total. The van der Waals surface area contributed by atoms with Gasteiger partial charge in [-0.1, -0.05) is 19.1 Å². The molecule has 3 nitrogen and oxygen atoms in total. The van der Waals surface area contributed by atoms with Crippen molar-refractivity contribution in [2.75, 3.05) is 26.0 Å². The van der Waals surface area contributed by atoms with Crippen LogP contribution in [-0.2, 0) is 11.3 Å². The maximum atomic E-state index is 5.83. The molecular formula is C15H26N2O. The molecule has 0 amide bonds. The maximum Gasteiger partial charge on any atom is 0.0477 e. The predicted octanol–water partition coefficient (Wildman–Crippen LogP) is 2.91. The molecule has 1 atom stereocenters. The maximum absolute atomic E-state index is 5.83. The van der Waals surface area contributed by atoms with E-state index in [1.807, 2.05) is 12.1 Å². The van der Waals surface area contributed by atoms with Gasteiger partial charge in [-0.15, -0.1) is 0 Å². The van der Waals surface area contributed by atoms with Crippen LogP contribution in [0.5, 0.6) is 0 Å². The fraction of sp³-hybridized carbons (Fsp3) is 0.600. The molecule has 0 fully saturated rings. The zero-order valence-corrected chi connectivity index (χ0v) is 11.9. The monoisotopic (exact) mass is 250 g/mol. The zero-order valence-electron chi connectivity index (χ0n) is 11.9. The minimum Gasteiger partial charge on any atom is -0.399 e. The molecule has 102 valence electrons. The Kier molecular flexibility index (Phi) is 6.76. The molecule has 3 heteroatoms. The van der Waals surface area contributed by atoms with Crippen molar-refractivity contribution in [3.05, 3.63) is 29.8 Å². The van der Waals surface area contributed by atoms with Crippen molar-refractivity contribution in [3.8, 4) is 0 Å². The number of ether oxygens (including phenoxy) is 1. The number of nitrogens with two attached hydrogens (primary N) is 1. The Morgan fingerprint density at radius 3 is 2.78 bits per heavy atom. The van der Waals surface area contributed by atoms with E-state index in [1.165, 1.54) is 12.0 Å². The van der Waals surface area contributed by atoms with Crippen LogP contribution in [0, 0.1) is 0 Å². The van der Waals surface area contributed by atoms with Gasteiger partial charge in [-0.3, -0.25) is 4.90 Å². The third kappa shape index (κ3) is 5.07. The highest BCUT2D eigenvalue weighted by atomic mass is 16.5. The lowest BCUT2D eigenvalue weighted by molar-refractivity contribution is 0.133. The zero-order chi connectivity index (χ0) is 13.4. The summed E-state index contributed by atoms with van der Waals surface area (Å²) in [5.41, 5.74) is 7.95. The van der Waals surface area contributed by atoms with Gasteiger partial charge in [0.2, 0.25) is 0 Å². The second-order valence-electron chi connectivity index (χ2n) is 4.85. The summed E-state index contributed by atoms with van der Waals surface area (Å²) in [4.78, 5) is 2.49. The number of benzene rings is 1. The van der Waals surface area contributed by atoms with Crippen molar-refractivity contribution in [2.45, 2.75) is 39.3 Å². The van der Waals surface area contributed by atoms with Crippen LogP contribution in [-0.4, -0.2) is 31.2 Å². The number of hydrogen-bond donors (Lipinski definition) is 1. The Labute approximate surface area is 111 Å². The van der Waals surface area contributed by atoms with Crippen molar-refractivity contribution < 1.29 is 4.74 Å². The summed E-state index contributed by atoms with van der Waals surface area (Å²) in [6.45, 7) is 7.37. The van der Waals surface area contributed by atoms with Gasteiger partial charge in [-0.2, -0.15) is 0 Å². The molecule has 0 aromatic heterocycles. The molecule has 1 unspecified atom stereocenters. The van der Waals surface area contributed by atoms with E-state index in [0.717, 1.165) is 31.8 Å². The topological polar surface area (TPSA) is 38.5 Å². The lowest BCUT2D eigenvalue weighted by atomic mass is 10.1. The molecule has 0 bridgehead atoms. The molecule has 0 heterocycles. The first-order valence-corrected chi connectivity index (χ1v) is 6.74. The van der Waals surface area contributed by atoms with Gasteiger partial charge in [0.1, 0.15) is 0 Å². The predicted molar refractivity (Wildman–Crippen MR) is 77.5 cm³/mol. The third-order valence-electron chi connectivity index (χ3n) is 3.21. The van der Waals surface area contributed by atoms with Crippen LogP contribution < -0.4 is 5.73 Å². The van der Waals surface area contributed by atoms with Gasteiger partial charge in [-0.25, -0.2) is 0 Å². The molecule has 1 aromatic rings. The fourth-order valence-electron chi connectivity index (χ4n) is 2.14. The largest absolute Gasteiger partial charge is 0.399 e. The Bertz CT molecular complexity index is 341. The highest BCUT2D eigenvalue weighted by Crippen LogP contribution is 2.13. The van der Waals surface area contributed by atoms with Crippen molar-refractivity contribution in [2.24, 2.45) is 0 Å². The highest BCUT2D eigenvalue weighted by molar-refractivity contribution is 5.40. The summed E-state index contributed by atoms with van der Waals surface area (Å²) < 4.78 is 5.16. The van der Waals surface area contributed by atoms with Gasteiger partial charge in [0, 0.05) is 32.0 Å². The molecule has 0 aliphatic rings. The van der Waals surface area contributed by atoms with Crippen LogP contribution in [0.1, 0.15) is 32.3 Å². The average Bonchev–Trinajstić information content (AvgIpc) is 2.35. The number of methoxy groups -OCH3 is 1. The summed E-state index contributed by atoms with van der Waals surface area (Å²) >= 11 is 0. The fourth-order valence-corrected chi connectivity index (χ4v) is 2.14. The average molecular weight is 250 g/mol. The van der Waals surface area contributed by atoms with E-state index in [2.05, 4.69) is 30.9 Å². The van der Waals surface area contributed by atoms with Crippen LogP contribution in [0.4, 0.5) is 5.69 Å². The van der Waals surface area contributed by atoms with Gasteiger partial charge in [0.15, 0.2) is 0 Å². The Morgan fingerprint density at radius 1 is 1.39 bits per heavy atom. The van der Waals surface area contributed by atoms with E-state index in [-0.39, 0.29) is 0 Å². The van der Waals surface area contributed by atoms with Crippen molar-refractivity contribution in [1.29, 1.82) is 0 Å². The van der Waals surface area contributed by atoms with E-state index in [0.29, 0.717) is 6.04 Å². The first-order valence-electron chi connectivity index (χ1n) is 6.74.